The number of primary sulfonamides is 1. The van der Waals surface area contributed by atoms with Gasteiger partial charge < -0.3 is 15.3 Å². The van der Waals surface area contributed by atoms with Crippen LogP contribution in [0.4, 0.5) is 5.69 Å². The van der Waals surface area contributed by atoms with Crippen molar-refractivity contribution in [3.8, 4) is 0 Å². The SMILES string of the molecule is NS(=O)(=O)c1ccc(NC(=S)N2CCC[C@@H](CO)C2)cc1. The third-order valence-corrected chi connectivity index (χ3v) is 4.79. The number of piperidine rings is 1. The molecule has 4 N–H and O–H groups in total. The van der Waals surface area contributed by atoms with Gasteiger partial charge >= 0.3 is 0 Å². The van der Waals surface area contributed by atoms with Gasteiger partial charge in [-0.3, -0.25) is 0 Å². The fraction of sp³-hybridized carbons (Fsp3) is 0.462. The van der Waals surface area contributed by atoms with E-state index >= 15 is 0 Å². The molecule has 1 aliphatic rings. The maximum absolute atomic E-state index is 11.2. The number of benzene rings is 1. The van der Waals surface area contributed by atoms with Gasteiger partial charge in [0.25, 0.3) is 0 Å². The summed E-state index contributed by atoms with van der Waals surface area (Å²) in [5, 5.41) is 17.9. The molecule has 2 rings (SSSR count). The Morgan fingerprint density at radius 1 is 1.43 bits per heavy atom. The molecule has 0 saturated carbocycles. The zero-order valence-corrected chi connectivity index (χ0v) is 13.2. The molecule has 1 atom stereocenters. The van der Waals surface area contributed by atoms with Crippen LogP contribution in [0.15, 0.2) is 29.2 Å². The van der Waals surface area contributed by atoms with Gasteiger partial charge in [-0.1, -0.05) is 0 Å². The van der Waals surface area contributed by atoms with E-state index in [0.717, 1.165) is 25.9 Å². The highest BCUT2D eigenvalue weighted by molar-refractivity contribution is 7.89. The molecule has 6 nitrogen and oxygen atoms in total. The van der Waals surface area contributed by atoms with E-state index < -0.39 is 10.0 Å². The maximum atomic E-state index is 11.2. The molecule has 116 valence electrons. The van der Waals surface area contributed by atoms with Crippen molar-refractivity contribution in [2.24, 2.45) is 11.1 Å². The molecular weight excluding hydrogens is 310 g/mol. The predicted octanol–water partition coefficient (Wildman–Crippen LogP) is 0.735. The van der Waals surface area contributed by atoms with Gasteiger partial charge in [-0.2, -0.15) is 0 Å². The van der Waals surface area contributed by atoms with Crippen LogP contribution in [0.5, 0.6) is 0 Å². The molecule has 0 unspecified atom stereocenters. The van der Waals surface area contributed by atoms with Crippen molar-refractivity contribution < 1.29 is 13.5 Å². The van der Waals surface area contributed by atoms with Crippen LogP contribution in [0, 0.1) is 5.92 Å². The largest absolute Gasteiger partial charge is 0.396 e. The number of sulfonamides is 1. The van der Waals surface area contributed by atoms with Gasteiger partial charge in [0.15, 0.2) is 5.11 Å². The number of aliphatic hydroxyl groups is 1. The van der Waals surface area contributed by atoms with Gasteiger partial charge in [-0.05, 0) is 55.2 Å². The average Bonchev–Trinajstić information content (AvgIpc) is 2.47. The molecule has 8 heteroatoms. The lowest BCUT2D eigenvalue weighted by Gasteiger charge is -2.33. The lowest BCUT2D eigenvalue weighted by molar-refractivity contribution is 0.162. The van der Waals surface area contributed by atoms with Crippen LogP contribution in [0.25, 0.3) is 0 Å². The number of hydrogen-bond acceptors (Lipinski definition) is 4. The molecule has 0 spiro atoms. The van der Waals surface area contributed by atoms with E-state index in [9.17, 15) is 13.5 Å². The maximum Gasteiger partial charge on any atom is 0.238 e. The number of likely N-dealkylation sites (tertiary alicyclic amines) is 1. The summed E-state index contributed by atoms with van der Waals surface area (Å²) >= 11 is 5.35. The number of thiocarbonyl (C=S) groups is 1. The highest BCUT2D eigenvalue weighted by atomic mass is 32.2. The molecule has 21 heavy (non-hydrogen) atoms. The van der Waals surface area contributed by atoms with Crippen LogP contribution < -0.4 is 10.5 Å². The fourth-order valence-electron chi connectivity index (χ4n) is 2.33. The number of hydrogen-bond donors (Lipinski definition) is 3. The topological polar surface area (TPSA) is 95.7 Å². The summed E-state index contributed by atoms with van der Waals surface area (Å²) < 4.78 is 22.4. The van der Waals surface area contributed by atoms with Crippen molar-refractivity contribution >= 4 is 33.0 Å². The van der Waals surface area contributed by atoms with Crippen LogP contribution in [0.3, 0.4) is 0 Å². The molecule has 0 amide bonds. The highest BCUT2D eigenvalue weighted by Gasteiger charge is 2.21. The van der Waals surface area contributed by atoms with E-state index in [-0.39, 0.29) is 17.4 Å². The molecule has 0 radical (unpaired) electrons. The third-order valence-electron chi connectivity index (χ3n) is 3.50. The summed E-state index contributed by atoms with van der Waals surface area (Å²) in [6, 6.07) is 6.12. The Morgan fingerprint density at radius 3 is 2.67 bits per heavy atom. The van der Waals surface area contributed by atoms with Crippen molar-refractivity contribution in [3.63, 3.8) is 0 Å². The average molecular weight is 329 g/mol. The molecule has 1 aliphatic heterocycles. The minimum Gasteiger partial charge on any atom is -0.396 e. The van der Waals surface area contributed by atoms with E-state index in [4.69, 9.17) is 17.4 Å². The molecule has 0 aliphatic carbocycles. The molecule has 1 aromatic rings. The predicted molar refractivity (Wildman–Crippen MR) is 85.4 cm³/mol. The smallest absolute Gasteiger partial charge is 0.238 e. The lowest BCUT2D eigenvalue weighted by Crippen LogP contribution is -2.43. The molecule has 0 bridgehead atoms. The van der Waals surface area contributed by atoms with Crippen LogP contribution in [-0.4, -0.2) is 43.2 Å². The van der Waals surface area contributed by atoms with Crippen molar-refractivity contribution in [2.45, 2.75) is 17.7 Å². The Morgan fingerprint density at radius 2 is 2.10 bits per heavy atom. The van der Waals surface area contributed by atoms with Crippen LogP contribution >= 0.6 is 12.2 Å². The Kier molecular flexibility index (Phi) is 5.15. The van der Waals surface area contributed by atoms with E-state index in [2.05, 4.69) is 5.32 Å². The molecule has 1 fully saturated rings. The standard InChI is InChI=1S/C13H19N3O3S2/c14-21(18,19)12-5-3-11(4-6-12)15-13(20)16-7-1-2-10(8-16)9-17/h3-6,10,17H,1-2,7-9H2,(H,15,20)(H2,14,18,19)/t10-/m1/s1. The zero-order valence-electron chi connectivity index (χ0n) is 11.5. The van der Waals surface area contributed by atoms with E-state index in [0.29, 0.717) is 10.8 Å². The van der Waals surface area contributed by atoms with Gasteiger partial charge in [0.1, 0.15) is 0 Å². The number of nitrogens with one attached hydrogen (secondary N) is 1. The van der Waals surface area contributed by atoms with Crippen molar-refractivity contribution in [2.75, 3.05) is 25.0 Å². The normalized spacial score (nSPS) is 19.3. The number of rotatable bonds is 3. The second-order valence-electron chi connectivity index (χ2n) is 5.14. The summed E-state index contributed by atoms with van der Waals surface area (Å²) in [7, 11) is -3.68. The van der Waals surface area contributed by atoms with Gasteiger partial charge in [0, 0.05) is 25.4 Å². The zero-order chi connectivity index (χ0) is 15.5. The minimum atomic E-state index is -3.68. The highest BCUT2D eigenvalue weighted by Crippen LogP contribution is 2.18. The summed E-state index contributed by atoms with van der Waals surface area (Å²) in [5.41, 5.74) is 0.707. The molecule has 0 aromatic heterocycles. The summed E-state index contributed by atoms with van der Waals surface area (Å²) in [6.07, 6.45) is 2.01. The monoisotopic (exact) mass is 329 g/mol. The summed E-state index contributed by atoms with van der Waals surface area (Å²) in [4.78, 5) is 2.09. The van der Waals surface area contributed by atoms with Crippen LogP contribution in [-0.2, 0) is 10.0 Å². The second kappa shape index (κ2) is 6.69. The number of aliphatic hydroxyl groups excluding tert-OH is 1. The van der Waals surface area contributed by atoms with E-state index in [1.165, 1.54) is 12.1 Å². The fourth-order valence-corrected chi connectivity index (χ4v) is 3.13. The Bertz CT molecular complexity index is 602. The second-order valence-corrected chi connectivity index (χ2v) is 7.08. The molecule has 1 aromatic carbocycles. The van der Waals surface area contributed by atoms with Crippen molar-refractivity contribution in [1.82, 2.24) is 4.90 Å². The van der Waals surface area contributed by atoms with E-state index in [1.54, 1.807) is 12.1 Å². The van der Waals surface area contributed by atoms with Crippen LogP contribution in [0.2, 0.25) is 0 Å². The lowest BCUT2D eigenvalue weighted by atomic mass is 9.99. The van der Waals surface area contributed by atoms with Crippen molar-refractivity contribution in [3.05, 3.63) is 24.3 Å². The Hall–Kier alpha value is -1.22. The first-order valence-electron chi connectivity index (χ1n) is 6.70. The Balaban J connectivity index is 1.99. The molecule has 1 saturated heterocycles. The number of nitrogens with two attached hydrogens (primary N) is 1. The molecule has 1 heterocycles. The van der Waals surface area contributed by atoms with Crippen LogP contribution in [0.1, 0.15) is 12.8 Å². The summed E-state index contributed by atoms with van der Waals surface area (Å²) in [5.74, 6) is 0.253. The first-order chi connectivity index (χ1) is 9.90. The Labute approximate surface area is 130 Å². The van der Waals surface area contributed by atoms with Gasteiger partial charge in [-0.25, -0.2) is 13.6 Å². The first kappa shape index (κ1) is 16.2. The third kappa shape index (κ3) is 4.37. The van der Waals surface area contributed by atoms with E-state index in [1.807, 2.05) is 4.90 Å². The minimum absolute atomic E-state index is 0.0669. The summed E-state index contributed by atoms with van der Waals surface area (Å²) in [6.45, 7) is 1.76. The number of anilines is 1. The first-order valence-corrected chi connectivity index (χ1v) is 8.65. The van der Waals surface area contributed by atoms with Gasteiger partial charge in [-0.15, -0.1) is 0 Å². The van der Waals surface area contributed by atoms with Gasteiger partial charge in [0.05, 0.1) is 4.90 Å². The van der Waals surface area contributed by atoms with Gasteiger partial charge in [0.2, 0.25) is 10.0 Å². The quantitative estimate of drug-likeness (QED) is 0.708. The molecular formula is C13H19N3O3S2. The van der Waals surface area contributed by atoms with Crippen molar-refractivity contribution in [1.29, 1.82) is 0 Å². The number of nitrogens with zero attached hydrogens (tertiary/aromatic N) is 1.